The molecule has 0 aliphatic carbocycles. The number of para-hydroxylation sites is 1. The first-order valence-corrected chi connectivity index (χ1v) is 11.0. The number of carbonyl (C=O) groups excluding carboxylic acids is 1. The Morgan fingerprint density at radius 1 is 1.24 bits per heavy atom. The normalized spacial score (nSPS) is 13.0. The van der Waals surface area contributed by atoms with E-state index in [2.05, 4.69) is 10.3 Å². The van der Waals surface area contributed by atoms with E-state index in [1.807, 2.05) is 19.1 Å². The van der Waals surface area contributed by atoms with E-state index in [1.165, 1.54) is 0 Å². The minimum absolute atomic E-state index is 0.389. The lowest BCUT2D eigenvalue weighted by Gasteiger charge is -2.20. The highest BCUT2D eigenvalue weighted by molar-refractivity contribution is 6.58. The van der Waals surface area contributed by atoms with Crippen molar-refractivity contribution in [1.29, 1.82) is 0 Å². The minimum atomic E-state index is -1.52. The monoisotopic (exact) mass is 457 g/mol. The van der Waals surface area contributed by atoms with Crippen molar-refractivity contribution in [3.8, 4) is 11.4 Å². The van der Waals surface area contributed by atoms with Gasteiger partial charge in [0.25, 0.3) is 5.91 Å². The zero-order valence-corrected chi connectivity index (χ0v) is 18.6. The zero-order valence-electron chi connectivity index (χ0n) is 18.6. The van der Waals surface area contributed by atoms with Gasteiger partial charge in [-0.1, -0.05) is 36.4 Å². The average molecular weight is 457 g/mol. The van der Waals surface area contributed by atoms with Gasteiger partial charge in [0.15, 0.2) is 5.82 Å². The molecule has 5 rings (SSSR count). The maximum atomic E-state index is 11.9. The third-order valence-corrected chi connectivity index (χ3v) is 6.05. The summed E-state index contributed by atoms with van der Waals surface area (Å²) in [5.74, 6) is 0.727. The quantitative estimate of drug-likeness (QED) is 0.275. The van der Waals surface area contributed by atoms with Crippen molar-refractivity contribution in [3.05, 3.63) is 70.5 Å². The van der Waals surface area contributed by atoms with Crippen molar-refractivity contribution in [1.82, 2.24) is 15.0 Å². The highest BCUT2D eigenvalue weighted by Crippen LogP contribution is 2.34. The summed E-state index contributed by atoms with van der Waals surface area (Å²) in [7, 11) is -1.52. The van der Waals surface area contributed by atoms with Crippen LogP contribution >= 0.6 is 0 Å². The van der Waals surface area contributed by atoms with Crippen LogP contribution in [0.25, 0.3) is 22.3 Å². The number of hydrogen-bond donors (Lipinski definition) is 5. The fourth-order valence-corrected chi connectivity index (χ4v) is 4.40. The molecular weight excluding hydrogens is 433 g/mol. The molecule has 3 heterocycles. The standard InChI is InChI=1S/C24H24BN5O4/c1-13-20(17-6-3-7-18(22(26)31)21(17)28-13)24-29-19-12-34-9-8-16(19)23(30-24)27-11-14-4-2-5-15(10-14)25(32)33/h2-7,10,28,32-33H,8-9,11-12H2,1H3,(H2,26,31)(H,27,29,30). The summed E-state index contributed by atoms with van der Waals surface area (Å²) in [6.07, 6.45) is 0.687. The van der Waals surface area contributed by atoms with Crippen LogP contribution in [-0.4, -0.2) is 44.6 Å². The van der Waals surface area contributed by atoms with Gasteiger partial charge in [0.1, 0.15) is 5.82 Å². The molecule has 10 heteroatoms. The van der Waals surface area contributed by atoms with E-state index in [1.54, 1.807) is 30.3 Å². The van der Waals surface area contributed by atoms with Gasteiger partial charge in [0, 0.05) is 35.2 Å². The molecule has 172 valence electrons. The molecular formula is C24H24BN5O4. The summed E-state index contributed by atoms with van der Waals surface area (Å²) < 4.78 is 5.65. The number of ether oxygens (including phenoxy) is 1. The summed E-state index contributed by atoms with van der Waals surface area (Å²) in [6, 6.07) is 12.5. The van der Waals surface area contributed by atoms with Crippen LogP contribution in [0.3, 0.4) is 0 Å². The number of aryl methyl sites for hydroxylation is 1. The van der Waals surface area contributed by atoms with Crippen LogP contribution in [0.4, 0.5) is 5.82 Å². The molecule has 0 fully saturated rings. The molecule has 2 aromatic heterocycles. The van der Waals surface area contributed by atoms with Crippen LogP contribution in [-0.2, 0) is 24.3 Å². The molecule has 34 heavy (non-hydrogen) atoms. The second-order valence-corrected chi connectivity index (χ2v) is 8.31. The van der Waals surface area contributed by atoms with E-state index in [9.17, 15) is 14.8 Å². The molecule has 0 saturated heterocycles. The molecule has 6 N–H and O–H groups in total. The average Bonchev–Trinajstić information content (AvgIpc) is 3.18. The van der Waals surface area contributed by atoms with Crippen LogP contribution in [0.5, 0.6) is 0 Å². The first-order chi connectivity index (χ1) is 16.4. The summed E-state index contributed by atoms with van der Waals surface area (Å²) in [6.45, 7) is 3.34. The second kappa shape index (κ2) is 8.90. The summed E-state index contributed by atoms with van der Waals surface area (Å²) in [5, 5.41) is 23.2. The zero-order chi connectivity index (χ0) is 23.8. The lowest BCUT2D eigenvalue weighted by Crippen LogP contribution is -2.30. The van der Waals surface area contributed by atoms with Crippen LogP contribution in [0, 0.1) is 6.92 Å². The Morgan fingerprint density at radius 2 is 2.06 bits per heavy atom. The van der Waals surface area contributed by atoms with Crippen molar-refractivity contribution < 1.29 is 19.6 Å². The van der Waals surface area contributed by atoms with Crippen LogP contribution < -0.4 is 16.5 Å². The van der Waals surface area contributed by atoms with Gasteiger partial charge in [0.2, 0.25) is 0 Å². The molecule has 1 aliphatic rings. The number of amides is 1. The highest BCUT2D eigenvalue weighted by Gasteiger charge is 2.23. The van der Waals surface area contributed by atoms with Crippen molar-refractivity contribution in [2.45, 2.75) is 26.5 Å². The Labute approximate surface area is 196 Å². The van der Waals surface area contributed by atoms with Gasteiger partial charge in [0.05, 0.1) is 30.0 Å². The molecule has 0 spiro atoms. The maximum Gasteiger partial charge on any atom is 0.488 e. The first-order valence-electron chi connectivity index (χ1n) is 11.0. The highest BCUT2D eigenvalue weighted by atomic mass is 16.5. The third kappa shape index (κ3) is 4.03. The lowest BCUT2D eigenvalue weighted by atomic mass is 9.79. The predicted octanol–water partition coefficient (Wildman–Crippen LogP) is 1.40. The Balaban J connectivity index is 1.57. The number of fused-ring (bicyclic) bond motifs is 2. The third-order valence-electron chi connectivity index (χ3n) is 6.05. The van der Waals surface area contributed by atoms with E-state index in [0.29, 0.717) is 54.4 Å². The van der Waals surface area contributed by atoms with Gasteiger partial charge in [-0.25, -0.2) is 9.97 Å². The number of anilines is 1. The Hall–Kier alpha value is -3.73. The van der Waals surface area contributed by atoms with E-state index in [-0.39, 0.29) is 0 Å². The van der Waals surface area contributed by atoms with Gasteiger partial charge in [-0.05, 0) is 24.0 Å². The second-order valence-electron chi connectivity index (χ2n) is 8.31. The molecule has 0 saturated carbocycles. The Bertz CT molecular complexity index is 1400. The van der Waals surface area contributed by atoms with Gasteiger partial charge in [-0.2, -0.15) is 0 Å². The van der Waals surface area contributed by atoms with Crippen molar-refractivity contribution in [2.75, 3.05) is 11.9 Å². The minimum Gasteiger partial charge on any atom is -0.423 e. The van der Waals surface area contributed by atoms with Gasteiger partial charge in [-0.3, -0.25) is 4.79 Å². The molecule has 4 aromatic rings. The Kier molecular flexibility index (Phi) is 5.78. The number of primary amides is 1. The van der Waals surface area contributed by atoms with E-state index in [0.717, 1.165) is 33.5 Å². The molecule has 0 unspecified atom stereocenters. The summed E-state index contributed by atoms with van der Waals surface area (Å²) in [4.78, 5) is 24.9. The fourth-order valence-electron chi connectivity index (χ4n) is 4.40. The fraction of sp³-hybridized carbons (Fsp3) is 0.208. The molecule has 0 atom stereocenters. The maximum absolute atomic E-state index is 11.9. The molecule has 0 bridgehead atoms. The number of aromatic nitrogens is 3. The van der Waals surface area contributed by atoms with Crippen LogP contribution in [0.15, 0.2) is 42.5 Å². The van der Waals surface area contributed by atoms with Crippen molar-refractivity contribution >= 4 is 35.2 Å². The number of hydrogen-bond acceptors (Lipinski definition) is 7. The summed E-state index contributed by atoms with van der Waals surface area (Å²) >= 11 is 0. The van der Waals surface area contributed by atoms with E-state index >= 15 is 0 Å². The molecule has 2 aromatic carbocycles. The molecule has 0 radical (unpaired) electrons. The first kappa shape index (κ1) is 22.1. The van der Waals surface area contributed by atoms with E-state index in [4.69, 9.17) is 20.4 Å². The summed E-state index contributed by atoms with van der Waals surface area (Å²) in [5.41, 5.74) is 11.4. The van der Waals surface area contributed by atoms with E-state index < -0.39 is 13.0 Å². The van der Waals surface area contributed by atoms with Crippen LogP contribution in [0.1, 0.15) is 32.9 Å². The number of rotatable bonds is 6. The Morgan fingerprint density at radius 3 is 2.85 bits per heavy atom. The SMILES string of the molecule is Cc1[nH]c2c(C(N)=O)cccc2c1-c1nc2c(c(NCc3cccc(B(O)O)c3)n1)CCOC2. The van der Waals surface area contributed by atoms with Crippen molar-refractivity contribution in [2.24, 2.45) is 5.73 Å². The van der Waals surface area contributed by atoms with Crippen molar-refractivity contribution in [3.63, 3.8) is 0 Å². The molecule has 9 nitrogen and oxygen atoms in total. The predicted molar refractivity (Wildman–Crippen MR) is 130 cm³/mol. The number of H-pyrrole nitrogens is 1. The largest absolute Gasteiger partial charge is 0.488 e. The van der Waals surface area contributed by atoms with Gasteiger partial charge in [-0.15, -0.1) is 0 Å². The molecule has 1 amide bonds. The van der Waals surface area contributed by atoms with Gasteiger partial charge < -0.3 is 30.8 Å². The number of benzene rings is 2. The number of carbonyl (C=O) groups is 1. The number of aromatic amines is 1. The number of nitrogens with zero attached hydrogens (tertiary/aromatic N) is 2. The number of nitrogens with two attached hydrogens (primary N) is 1. The number of nitrogens with one attached hydrogen (secondary N) is 2. The topological polar surface area (TPSA) is 146 Å². The molecule has 1 aliphatic heterocycles. The van der Waals surface area contributed by atoms with Gasteiger partial charge >= 0.3 is 7.12 Å². The van der Waals surface area contributed by atoms with Crippen LogP contribution in [0.2, 0.25) is 0 Å². The smallest absolute Gasteiger partial charge is 0.423 e. The lowest BCUT2D eigenvalue weighted by molar-refractivity contribution is 0.100.